The fraction of sp³-hybridized carbons (Fsp3) is 0. The van der Waals surface area contributed by atoms with E-state index in [-0.39, 0.29) is 16.3 Å². The highest BCUT2D eigenvalue weighted by atomic mass is 79.9. The molecule has 0 saturated carbocycles. The van der Waals surface area contributed by atoms with Gasteiger partial charge in [-0.1, -0.05) is 17.4 Å². The summed E-state index contributed by atoms with van der Waals surface area (Å²) in [4.78, 5) is 22.0. The largest absolute Gasteiger partial charge is 0.502 e. The normalized spacial score (nSPS) is 10.9. The van der Waals surface area contributed by atoms with Crippen molar-refractivity contribution in [2.45, 2.75) is 0 Å². The molecule has 0 radical (unpaired) electrons. The third-order valence-corrected chi connectivity index (χ3v) is 3.76. The smallest absolute Gasteiger partial charge is 0.311 e. The summed E-state index contributed by atoms with van der Waals surface area (Å²) in [6.07, 6.45) is 1.16. The number of carbonyl (C=O) groups excluding carboxylic acids is 1. The Balaban J connectivity index is 2.28. The Morgan fingerprint density at radius 2 is 2.26 bits per heavy atom. The maximum Gasteiger partial charge on any atom is 0.311 e. The van der Waals surface area contributed by atoms with E-state index in [0.717, 1.165) is 29.5 Å². The van der Waals surface area contributed by atoms with Gasteiger partial charge in [0.25, 0.3) is 5.91 Å². The van der Waals surface area contributed by atoms with Gasteiger partial charge in [-0.15, -0.1) is 10.2 Å². The first-order valence-electron chi connectivity index (χ1n) is 5.80. The van der Waals surface area contributed by atoms with Crippen molar-refractivity contribution in [3.8, 4) is 11.8 Å². The molecule has 2 N–H and O–H groups in total. The van der Waals surface area contributed by atoms with Crippen LogP contribution < -0.4 is 5.32 Å². The molecule has 0 aliphatic rings. The SMILES string of the molecule is N#C/C(=C\c1ccc(O)c([N+](=O)[O-])c1)C(=O)Nc1nnc(Br)s1. The van der Waals surface area contributed by atoms with Gasteiger partial charge in [0.1, 0.15) is 11.6 Å². The molecule has 0 fully saturated rings. The van der Waals surface area contributed by atoms with E-state index < -0.39 is 22.3 Å². The maximum atomic E-state index is 12.0. The zero-order valence-corrected chi connectivity index (χ0v) is 13.5. The van der Waals surface area contributed by atoms with Crippen molar-refractivity contribution in [1.82, 2.24) is 10.2 Å². The number of phenolic OH excluding ortho intramolecular Hbond substituents is 1. The molecule has 0 aliphatic heterocycles. The second-order valence-corrected chi connectivity index (χ2v) is 6.24. The van der Waals surface area contributed by atoms with E-state index in [4.69, 9.17) is 5.26 Å². The Labute approximate surface area is 141 Å². The molecular weight excluding hydrogens is 390 g/mol. The molecule has 0 unspecified atom stereocenters. The summed E-state index contributed by atoms with van der Waals surface area (Å²) in [5.41, 5.74) is -0.583. The summed E-state index contributed by atoms with van der Waals surface area (Å²) in [7, 11) is 0. The number of nitrogens with one attached hydrogen (secondary N) is 1. The van der Waals surface area contributed by atoms with Gasteiger partial charge in [-0.2, -0.15) is 5.26 Å². The predicted octanol–water partition coefficient (Wildman–Crippen LogP) is 2.46. The van der Waals surface area contributed by atoms with Gasteiger partial charge >= 0.3 is 5.69 Å². The molecule has 0 spiro atoms. The van der Waals surface area contributed by atoms with Crippen molar-refractivity contribution in [3.05, 3.63) is 43.4 Å². The van der Waals surface area contributed by atoms with Gasteiger partial charge in [0, 0.05) is 6.07 Å². The molecule has 1 aromatic heterocycles. The van der Waals surface area contributed by atoms with E-state index in [2.05, 4.69) is 31.4 Å². The lowest BCUT2D eigenvalue weighted by Crippen LogP contribution is -2.13. The molecule has 0 aliphatic carbocycles. The molecule has 0 atom stereocenters. The number of aromatic hydroxyl groups is 1. The number of phenols is 1. The molecule has 2 aromatic rings. The van der Waals surface area contributed by atoms with Crippen LogP contribution in [0.2, 0.25) is 0 Å². The Morgan fingerprint density at radius 3 is 2.83 bits per heavy atom. The van der Waals surface area contributed by atoms with Gasteiger partial charge in [0.15, 0.2) is 9.67 Å². The lowest BCUT2D eigenvalue weighted by Gasteiger charge is -2.01. The predicted molar refractivity (Wildman–Crippen MR) is 84.6 cm³/mol. The van der Waals surface area contributed by atoms with Gasteiger partial charge in [-0.3, -0.25) is 20.2 Å². The Kier molecular flexibility index (Phi) is 4.99. The van der Waals surface area contributed by atoms with E-state index in [1.165, 1.54) is 6.07 Å². The summed E-state index contributed by atoms with van der Waals surface area (Å²) in [6, 6.07) is 5.21. The highest BCUT2D eigenvalue weighted by molar-refractivity contribution is 9.11. The number of carbonyl (C=O) groups is 1. The number of benzene rings is 1. The number of nitrogens with zero attached hydrogens (tertiary/aromatic N) is 4. The van der Waals surface area contributed by atoms with Crippen LogP contribution in [0.1, 0.15) is 5.56 Å². The van der Waals surface area contributed by atoms with Crippen LogP contribution in [-0.2, 0) is 4.79 Å². The second-order valence-electron chi connectivity index (χ2n) is 3.99. The molecule has 2 rings (SSSR count). The third-order valence-electron chi connectivity index (χ3n) is 2.49. The molecule has 23 heavy (non-hydrogen) atoms. The zero-order valence-electron chi connectivity index (χ0n) is 11.1. The molecule has 0 saturated heterocycles. The lowest BCUT2D eigenvalue weighted by atomic mass is 10.1. The number of anilines is 1. The number of hydrogen-bond donors (Lipinski definition) is 2. The number of hydrogen-bond acceptors (Lipinski definition) is 8. The van der Waals surface area contributed by atoms with Crippen LogP contribution >= 0.6 is 27.3 Å². The van der Waals surface area contributed by atoms with Crippen LogP contribution in [0.5, 0.6) is 5.75 Å². The number of aromatic nitrogens is 2. The second kappa shape index (κ2) is 6.95. The highest BCUT2D eigenvalue weighted by Gasteiger charge is 2.15. The average molecular weight is 396 g/mol. The molecular formula is C12H6BrN5O4S. The quantitative estimate of drug-likeness (QED) is 0.350. The number of amides is 1. The van der Waals surface area contributed by atoms with Crippen LogP contribution in [0.3, 0.4) is 0 Å². The average Bonchev–Trinajstić information content (AvgIpc) is 2.91. The van der Waals surface area contributed by atoms with Crippen LogP contribution in [0.4, 0.5) is 10.8 Å². The number of rotatable bonds is 4. The molecule has 9 nitrogen and oxygen atoms in total. The summed E-state index contributed by atoms with van der Waals surface area (Å²) in [5.74, 6) is -1.24. The minimum Gasteiger partial charge on any atom is -0.502 e. The van der Waals surface area contributed by atoms with E-state index in [1.54, 1.807) is 6.07 Å². The zero-order chi connectivity index (χ0) is 17.0. The van der Waals surface area contributed by atoms with Crippen molar-refractivity contribution in [2.24, 2.45) is 0 Å². The van der Waals surface area contributed by atoms with Crippen molar-refractivity contribution >= 4 is 50.1 Å². The molecule has 1 aromatic carbocycles. The minimum absolute atomic E-state index is 0.194. The minimum atomic E-state index is -0.766. The topological polar surface area (TPSA) is 142 Å². The lowest BCUT2D eigenvalue weighted by molar-refractivity contribution is -0.385. The first kappa shape index (κ1) is 16.5. The Morgan fingerprint density at radius 1 is 1.52 bits per heavy atom. The van der Waals surface area contributed by atoms with Crippen molar-refractivity contribution in [1.29, 1.82) is 5.26 Å². The van der Waals surface area contributed by atoms with Crippen LogP contribution in [-0.4, -0.2) is 26.1 Å². The third kappa shape index (κ3) is 4.09. The van der Waals surface area contributed by atoms with Crippen molar-refractivity contribution in [3.63, 3.8) is 0 Å². The standard InChI is InChI=1S/C12H6BrN5O4S/c13-11-16-17-12(23-11)15-10(20)7(5-14)3-6-1-2-9(19)8(4-6)18(21)22/h1-4,19H,(H,15,17,20)/b7-3+. The number of nitro benzene ring substituents is 1. The van der Waals surface area contributed by atoms with Gasteiger partial charge in [0.05, 0.1) is 4.92 Å². The Hall–Kier alpha value is -2.84. The number of halogens is 1. The monoisotopic (exact) mass is 395 g/mol. The maximum absolute atomic E-state index is 12.0. The summed E-state index contributed by atoms with van der Waals surface area (Å²) < 4.78 is 0.462. The number of nitriles is 1. The number of nitro groups is 1. The van der Waals surface area contributed by atoms with Gasteiger partial charge in [-0.25, -0.2) is 0 Å². The van der Waals surface area contributed by atoms with Crippen molar-refractivity contribution < 1.29 is 14.8 Å². The molecule has 116 valence electrons. The van der Waals surface area contributed by atoms with E-state index in [1.807, 2.05) is 0 Å². The van der Waals surface area contributed by atoms with Crippen LogP contribution in [0.15, 0.2) is 27.7 Å². The summed E-state index contributed by atoms with van der Waals surface area (Å²) in [5, 5.41) is 39.1. The van der Waals surface area contributed by atoms with Gasteiger partial charge < -0.3 is 5.11 Å². The fourth-order valence-corrected chi connectivity index (χ4v) is 2.52. The summed E-state index contributed by atoms with van der Waals surface area (Å²) in [6.45, 7) is 0. The van der Waals surface area contributed by atoms with Gasteiger partial charge in [0.2, 0.25) is 5.13 Å². The van der Waals surface area contributed by atoms with E-state index in [9.17, 15) is 20.0 Å². The van der Waals surface area contributed by atoms with Crippen molar-refractivity contribution in [2.75, 3.05) is 5.32 Å². The van der Waals surface area contributed by atoms with E-state index in [0.29, 0.717) is 3.92 Å². The Bertz CT molecular complexity index is 857. The molecule has 1 heterocycles. The summed E-state index contributed by atoms with van der Waals surface area (Å²) >= 11 is 4.15. The van der Waals surface area contributed by atoms with E-state index >= 15 is 0 Å². The molecule has 1 amide bonds. The molecule has 11 heteroatoms. The first-order valence-corrected chi connectivity index (χ1v) is 7.41. The fourth-order valence-electron chi connectivity index (χ4n) is 1.51. The van der Waals surface area contributed by atoms with Crippen LogP contribution in [0, 0.1) is 21.4 Å². The van der Waals surface area contributed by atoms with Gasteiger partial charge in [-0.05, 0) is 33.6 Å². The highest BCUT2D eigenvalue weighted by Crippen LogP contribution is 2.27. The van der Waals surface area contributed by atoms with Crippen LogP contribution in [0.25, 0.3) is 6.08 Å². The molecule has 0 bridgehead atoms. The first-order chi connectivity index (χ1) is 10.9.